The first-order valence-electron chi connectivity index (χ1n) is 7.30. The lowest BCUT2D eigenvalue weighted by Crippen LogP contribution is -2.59. The van der Waals surface area contributed by atoms with Crippen LogP contribution in [-0.4, -0.2) is 28.9 Å². The van der Waals surface area contributed by atoms with Crippen molar-refractivity contribution in [1.82, 2.24) is 10.4 Å². The number of hydrogen-bond acceptors (Lipinski definition) is 4. The third-order valence-corrected chi connectivity index (χ3v) is 5.52. The molecule has 1 saturated carbocycles. The zero-order valence-electron chi connectivity index (χ0n) is 12.5. The number of ketones is 1. The first kappa shape index (κ1) is 14.5. The fourth-order valence-corrected chi connectivity index (χ4v) is 3.48. The van der Waals surface area contributed by atoms with Crippen molar-refractivity contribution in [3.05, 3.63) is 0 Å². The molecule has 2 rings (SSSR count). The smallest absolute Gasteiger partial charge is 0.179 e. The fourth-order valence-electron chi connectivity index (χ4n) is 3.48. The van der Waals surface area contributed by atoms with Crippen molar-refractivity contribution < 1.29 is 4.79 Å². The maximum Gasteiger partial charge on any atom is 0.179 e. The van der Waals surface area contributed by atoms with E-state index < -0.39 is 5.54 Å². The summed E-state index contributed by atoms with van der Waals surface area (Å²) in [4.78, 5) is 11.9. The Labute approximate surface area is 116 Å². The maximum absolute atomic E-state index is 11.9. The summed E-state index contributed by atoms with van der Waals surface area (Å²) in [6.07, 6.45) is 3.87. The summed E-state index contributed by atoms with van der Waals surface area (Å²) in [7, 11) is 0. The minimum atomic E-state index is -0.943. The number of Topliss-reactive ketones (excluding diaryl/α,β-unsaturated/α-hetero) is 1. The highest BCUT2D eigenvalue weighted by Gasteiger charge is 2.49. The molecule has 0 aromatic rings. The van der Waals surface area contributed by atoms with Crippen LogP contribution in [0.15, 0.2) is 0 Å². The Morgan fingerprint density at radius 2 is 2.11 bits per heavy atom. The lowest BCUT2D eigenvalue weighted by Gasteiger charge is -2.38. The molecule has 19 heavy (non-hydrogen) atoms. The SMILES string of the molecule is CC(=O)C1(C#N)CCCN1NC1CCC(C)C1(C)C. The maximum atomic E-state index is 11.9. The second-order valence-electron chi connectivity index (χ2n) is 6.76. The predicted molar refractivity (Wildman–Crippen MR) is 74.1 cm³/mol. The normalized spacial score (nSPS) is 38.3. The van der Waals surface area contributed by atoms with Gasteiger partial charge in [0.05, 0.1) is 6.07 Å². The van der Waals surface area contributed by atoms with Crippen LogP contribution in [0.4, 0.5) is 0 Å². The molecule has 2 fully saturated rings. The zero-order valence-corrected chi connectivity index (χ0v) is 12.5. The van der Waals surface area contributed by atoms with E-state index in [9.17, 15) is 10.1 Å². The third kappa shape index (κ3) is 2.19. The molecule has 2 aliphatic rings. The summed E-state index contributed by atoms with van der Waals surface area (Å²) in [5.41, 5.74) is 2.78. The molecule has 0 bridgehead atoms. The molecule has 0 aromatic heterocycles. The van der Waals surface area contributed by atoms with Gasteiger partial charge in [0, 0.05) is 12.6 Å². The van der Waals surface area contributed by atoms with E-state index in [-0.39, 0.29) is 11.2 Å². The molecule has 1 heterocycles. The number of nitrogens with one attached hydrogen (secondary N) is 1. The van der Waals surface area contributed by atoms with Crippen LogP contribution in [0.1, 0.15) is 53.4 Å². The summed E-state index contributed by atoms with van der Waals surface area (Å²) in [6, 6.07) is 2.61. The molecule has 0 spiro atoms. The van der Waals surface area contributed by atoms with E-state index in [0.29, 0.717) is 18.4 Å². The second kappa shape index (κ2) is 4.88. The van der Waals surface area contributed by atoms with Crippen molar-refractivity contribution in [3.8, 4) is 6.07 Å². The number of hydrogen-bond donors (Lipinski definition) is 1. The van der Waals surface area contributed by atoms with Crippen LogP contribution in [0.5, 0.6) is 0 Å². The number of carbonyl (C=O) groups excluding carboxylic acids is 1. The Bertz CT molecular complexity index is 412. The van der Waals surface area contributed by atoms with Crippen LogP contribution < -0.4 is 5.43 Å². The number of nitrogens with zero attached hydrogens (tertiary/aromatic N) is 2. The fraction of sp³-hybridized carbons (Fsp3) is 0.867. The van der Waals surface area contributed by atoms with Crippen molar-refractivity contribution >= 4 is 5.78 Å². The summed E-state index contributed by atoms with van der Waals surface area (Å²) < 4.78 is 0. The van der Waals surface area contributed by atoms with Gasteiger partial charge in [0.2, 0.25) is 0 Å². The van der Waals surface area contributed by atoms with Crippen LogP contribution in [0.3, 0.4) is 0 Å². The Hall–Kier alpha value is -0.920. The lowest BCUT2D eigenvalue weighted by atomic mass is 9.80. The number of hydrazine groups is 1. The van der Waals surface area contributed by atoms with E-state index in [4.69, 9.17) is 0 Å². The van der Waals surface area contributed by atoms with Gasteiger partial charge in [-0.2, -0.15) is 5.26 Å². The highest BCUT2D eigenvalue weighted by atomic mass is 16.1. The summed E-state index contributed by atoms with van der Waals surface area (Å²) in [5.74, 6) is 0.630. The van der Waals surface area contributed by atoms with Crippen molar-refractivity contribution in [3.63, 3.8) is 0 Å². The Morgan fingerprint density at radius 1 is 1.42 bits per heavy atom. The molecular formula is C15H25N3O. The van der Waals surface area contributed by atoms with E-state index in [0.717, 1.165) is 19.4 Å². The average molecular weight is 263 g/mol. The van der Waals surface area contributed by atoms with Crippen LogP contribution in [-0.2, 0) is 4.79 Å². The first-order chi connectivity index (χ1) is 8.84. The van der Waals surface area contributed by atoms with Gasteiger partial charge in [0.25, 0.3) is 0 Å². The summed E-state index contributed by atoms with van der Waals surface area (Å²) >= 11 is 0. The second-order valence-corrected chi connectivity index (χ2v) is 6.76. The number of rotatable bonds is 3. The molecule has 0 amide bonds. The van der Waals surface area contributed by atoms with Crippen molar-refractivity contribution in [2.75, 3.05) is 6.54 Å². The Kier molecular flexibility index (Phi) is 3.72. The third-order valence-electron chi connectivity index (χ3n) is 5.52. The summed E-state index contributed by atoms with van der Waals surface area (Å²) in [5, 5.41) is 11.4. The largest absolute Gasteiger partial charge is 0.297 e. The number of nitriles is 1. The van der Waals surface area contributed by atoms with Crippen molar-refractivity contribution in [1.29, 1.82) is 5.26 Å². The zero-order chi connectivity index (χ0) is 14.3. The van der Waals surface area contributed by atoms with Crippen molar-refractivity contribution in [2.45, 2.75) is 65.0 Å². The molecule has 1 aliphatic heterocycles. The van der Waals surface area contributed by atoms with Gasteiger partial charge in [-0.15, -0.1) is 0 Å². The van der Waals surface area contributed by atoms with Gasteiger partial charge in [-0.05, 0) is 43.9 Å². The number of carbonyl (C=O) groups is 1. The van der Waals surface area contributed by atoms with Gasteiger partial charge >= 0.3 is 0 Å². The minimum absolute atomic E-state index is 0.0381. The topological polar surface area (TPSA) is 56.1 Å². The Balaban J connectivity index is 2.15. The van der Waals surface area contributed by atoms with Gasteiger partial charge in [0.1, 0.15) is 0 Å². The molecular weight excluding hydrogens is 238 g/mol. The summed E-state index contributed by atoms with van der Waals surface area (Å²) in [6.45, 7) is 9.16. The van der Waals surface area contributed by atoms with E-state index in [1.807, 2.05) is 5.01 Å². The highest BCUT2D eigenvalue weighted by molar-refractivity contribution is 5.89. The molecule has 0 radical (unpaired) electrons. The van der Waals surface area contributed by atoms with Gasteiger partial charge in [-0.1, -0.05) is 20.8 Å². The highest BCUT2D eigenvalue weighted by Crippen LogP contribution is 2.43. The van der Waals surface area contributed by atoms with Gasteiger partial charge < -0.3 is 0 Å². The van der Waals surface area contributed by atoms with E-state index >= 15 is 0 Å². The van der Waals surface area contributed by atoms with E-state index in [2.05, 4.69) is 32.3 Å². The lowest BCUT2D eigenvalue weighted by molar-refractivity contribution is -0.126. The molecule has 1 aliphatic carbocycles. The van der Waals surface area contributed by atoms with Crippen molar-refractivity contribution in [2.24, 2.45) is 11.3 Å². The Morgan fingerprint density at radius 3 is 2.58 bits per heavy atom. The monoisotopic (exact) mass is 263 g/mol. The standard InChI is InChI=1S/C15H25N3O/c1-11-6-7-13(14(11,3)4)17-18-9-5-8-15(18,10-16)12(2)19/h11,13,17H,5-9H2,1-4H3. The minimum Gasteiger partial charge on any atom is -0.297 e. The molecule has 1 saturated heterocycles. The molecule has 1 N–H and O–H groups in total. The van der Waals surface area contributed by atoms with Crippen LogP contribution in [0.2, 0.25) is 0 Å². The van der Waals surface area contributed by atoms with E-state index in [1.54, 1.807) is 0 Å². The molecule has 3 atom stereocenters. The molecule has 0 aromatic carbocycles. The van der Waals surface area contributed by atoms with Crippen LogP contribution in [0, 0.1) is 22.7 Å². The van der Waals surface area contributed by atoms with Gasteiger partial charge in [0.15, 0.2) is 11.3 Å². The average Bonchev–Trinajstić information content (AvgIpc) is 2.86. The first-order valence-corrected chi connectivity index (χ1v) is 7.30. The van der Waals surface area contributed by atoms with E-state index in [1.165, 1.54) is 13.3 Å². The molecule has 106 valence electrons. The molecule has 4 nitrogen and oxygen atoms in total. The van der Waals surface area contributed by atoms with Crippen LogP contribution in [0.25, 0.3) is 0 Å². The van der Waals surface area contributed by atoms with Gasteiger partial charge in [-0.3, -0.25) is 4.79 Å². The molecule has 4 heteroatoms. The van der Waals surface area contributed by atoms with Gasteiger partial charge in [-0.25, -0.2) is 10.4 Å². The van der Waals surface area contributed by atoms with Crippen LogP contribution >= 0.6 is 0 Å². The molecule has 3 unspecified atom stereocenters. The quantitative estimate of drug-likeness (QED) is 0.848. The predicted octanol–water partition coefficient (Wildman–Crippen LogP) is 2.26.